The van der Waals surface area contributed by atoms with E-state index in [1.165, 1.54) is 0 Å². The molecular formula is C20H21NO2. The number of rotatable bonds is 6. The largest absolute Gasteiger partial charge is 0.497 e. The fourth-order valence-electron chi connectivity index (χ4n) is 2.25. The lowest BCUT2D eigenvalue weighted by molar-refractivity contribution is -0.104. The van der Waals surface area contributed by atoms with Crippen LogP contribution in [0.4, 0.5) is 5.69 Å². The van der Waals surface area contributed by atoms with E-state index < -0.39 is 0 Å². The molecule has 0 aliphatic carbocycles. The maximum absolute atomic E-state index is 11.2. The van der Waals surface area contributed by atoms with Gasteiger partial charge in [-0.3, -0.25) is 4.79 Å². The van der Waals surface area contributed by atoms with Gasteiger partial charge in [-0.25, -0.2) is 0 Å². The van der Waals surface area contributed by atoms with E-state index in [9.17, 15) is 4.79 Å². The van der Waals surface area contributed by atoms with Crippen molar-refractivity contribution in [1.29, 1.82) is 0 Å². The van der Waals surface area contributed by atoms with E-state index in [-0.39, 0.29) is 0 Å². The van der Waals surface area contributed by atoms with Crippen molar-refractivity contribution in [2.75, 3.05) is 19.1 Å². The molecule has 0 aromatic heterocycles. The van der Waals surface area contributed by atoms with Crippen LogP contribution in [-0.2, 0) is 4.79 Å². The molecular weight excluding hydrogens is 286 g/mol. The van der Waals surface area contributed by atoms with E-state index in [0.717, 1.165) is 28.8 Å². The van der Waals surface area contributed by atoms with E-state index in [0.29, 0.717) is 5.70 Å². The summed E-state index contributed by atoms with van der Waals surface area (Å²) in [6, 6.07) is 16.0. The van der Waals surface area contributed by atoms with Crippen molar-refractivity contribution < 1.29 is 9.53 Å². The van der Waals surface area contributed by atoms with Gasteiger partial charge in [0.05, 0.1) is 12.8 Å². The number of carbonyl (C=O) groups excluding carboxylic acids is 1. The summed E-state index contributed by atoms with van der Waals surface area (Å²) < 4.78 is 5.26. The first-order chi connectivity index (χ1) is 11.2. The number of aldehydes is 1. The smallest absolute Gasteiger partial charge is 0.166 e. The van der Waals surface area contributed by atoms with Crippen molar-refractivity contribution in [1.82, 2.24) is 0 Å². The predicted molar refractivity (Wildman–Crippen MR) is 95.8 cm³/mol. The van der Waals surface area contributed by atoms with Crippen LogP contribution in [0, 0.1) is 0 Å². The van der Waals surface area contributed by atoms with Crippen molar-refractivity contribution in [3.05, 3.63) is 72.5 Å². The summed E-state index contributed by atoms with van der Waals surface area (Å²) in [5.41, 5.74) is 3.77. The number of carbonyl (C=O) groups is 1. The summed E-state index contributed by atoms with van der Waals surface area (Å²) >= 11 is 0. The topological polar surface area (TPSA) is 29.5 Å². The summed E-state index contributed by atoms with van der Waals surface area (Å²) in [7, 11) is 3.54. The minimum absolute atomic E-state index is 0.609. The molecule has 0 heterocycles. The Bertz CT molecular complexity index is 715. The molecule has 3 heteroatoms. The van der Waals surface area contributed by atoms with Gasteiger partial charge in [-0.05, 0) is 48.4 Å². The molecule has 2 aromatic rings. The number of anilines is 1. The predicted octanol–water partition coefficient (Wildman–Crippen LogP) is 4.46. The molecule has 0 saturated heterocycles. The molecule has 0 N–H and O–H groups in total. The minimum atomic E-state index is 0.609. The van der Waals surface area contributed by atoms with Gasteiger partial charge in [0.25, 0.3) is 0 Å². The molecule has 118 valence electrons. The van der Waals surface area contributed by atoms with Gasteiger partial charge >= 0.3 is 0 Å². The molecule has 0 bridgehead atoms. The number of hydrogen-bond acceptors (Lipinski definition) is 3. The highest BCUT2D eigenvalue weighted by atomic mass is 16.5. The molecule has 0 unspecified atom stereocenters. The molecule has 2 aromatic carbocycles. The van der Waals surface area contributed by atoms with Crippen molar-refractivity contribution in [3.8, 4) is 16.9 Å². The standard InChI is InChI=1S/C20H21NO2/c1-4-5-8-19(15-22)21(2)18-12-10-16(11-13-18)17-7-6-9-20(14-17)23-3/h4-15H,1-3H3/b5-4-,19-8+. The molecule has 0 aliphatic rings. The normalized spacial score (nSPS) is 11.5. The van der Waals surface area contributed by atoms with Crippen molar-refractivity contribution >= 4 is 12.0 Å². The first-order valence-corrected chi connectivity index (χ1v) is 7.46. The van der Waals surface area contributed by atoms with Crippen LogP contribution in [0.1, 0.15) is 6.92 Å². The molecule has 0 radical (unpaired) electrons. The first-order valence-electron chi connectivity index (χ1n) is 7.46. The molecule has 3 nitrogen and oxygen atoms in total. The number of likely N-dealkylation sites (N-methyl/N-ethyl adjacent to an activating group) is 1. The van der Waals surface area contributed by atoms with Gasteiger partial charge in [-0.2, -0.15) is 0 Å². The van der Waals surface area contributed by atoms with Crippen molar-refractivity contribution in [2.24, 2.45) is 0 Å². The quantitative estimate of drug-likeness (QED) is 0.448. The van der Waals surface area contributed by atoms with Gasteiger partial charge in [0, 0.05) is 12.7 Å². The monoisotopic (exact) mass is 307 g/mol. The van der Waals surface area contributed by atoms with Crippen LogP contribution < -0.4 is 9.64 Å². The van der Waals surface area contributed by atoms with Gasteiger partial charge in [0.1, 0.15) is 5.75 Å². The third-order valence-corrected chi connectivity index (χ3v) is 3.63. The molecule has 0 aliphatic heterocycles. The molecule has 0 atom stereocenters. The first kappa shape index (κ1) is 16.6. The van der Waals surface area contributed by atoms with Crippen LogP contribution >= 0.6 is 0 Å². The zero-order chi connectivity index (χ0) is 16.7. The van der Waals surface area contributed by atoms with Crippen molar-refractivity contribution in [3.63, 3.8) is 0 Å². The average molecular weight is 307 g/mol. The van der Waals surface area contributed by atoms with Crippen LogP contribution in [0.3, 0.4) is 0 Å². The van der Waals surface area contributed by atoms with E-state index in [4.69, 9.17) is 4.74 Å². The van der Waals surface area contributed by atoms with Gasteiger partial charge in [0.2, 0.25) is 0 Å². The minimum Gasteiger partial charge on any atom is -0.497 e. The second kappa shape index (κ2) is 7.99. The van der Waals surface area contributed by atoms with Crippen LogP contribution in [0.5, 0.6) is 5.75 Å². The molecule has 0 amide bonds. The highest BCUT2D eigenvalue weighted by molar-refractivity contribution is 5.81. The Labute approximate surface area is 137 Å². The van der Waals surface area contributed by atoms with E-state index in [2.05, 4.69) is 0 Å². The Kier molecular flexibility index (Phi) is 5.75. The molecule has 0 saturated carbocycles. The third kappa shape index (κ3) is 4.10. The van der Waals surface area contributed by atoms with Gasteiger partial charge in [-0.1, -0.05) is 36.4 Å². The zero-order valence-corrected chi connectivity index (χ0v) is 13.7. The number of benzene rings is 2. The summed E-state index contributed by atoms with van der Waals surface area (Å²) in [4.78, 5) is 13.1. The summed E-state index contributed by atoms with van der Waals surface area (Å²) in [6.45, 7) is 1.92. The molecule has 23 heavy (non-hydrogen) atoms. The number of hydrogen-bond donors (Lipinski definition) is 0. The average Bonchev–Trinajstić information content (AvgIpc) is 2.62. The zero-order valence-electron chi connectivity index (χ0n) is 13.7. The maximum Gasteiger partial charge on any atom is 0.166 e. The van der Waals surface area contributed by atoms with Crippen LogP contribution in [-0.4, -0.2) is 20.4 Å². The van der Waals surface area contributed by atoms with E-state index in [1.807, 2.05) is 79.6 Å². The summed E-state index contributed by atoms with van der Waals surface area (Å²) in [6.07, 6.45) is 6.40. The Morgan fingerprint density at radius 3 is 2.43 bits per heavy atom. The molecule has 0 spiro atoms. The fourth-order valence-corrected chi connectivity index (χ4v) is 2.25. The lowest BCUT2D eigenvalue weighted by atomic mass is 10.0. The number of ether oxygens (including phenoxy) is 1. The van der Waals surface area contributed by atoms with E-state index >= 15 is 0 Å². The van der Waals surface area contributed by atoms with Gasteiger partial charge in [0.15, 0.2) is 6.29 Å². The fraction of sp³-hybridized carbons (Fsp3) is 0.150. The molecule has 0 fully saturated rings. The Hall–Kier alpha value is -2.81. The maximum atomic E-state index is 11.2. The third-order valence-electron chi connectivity index (χ3n) is 3.63. The lowest BCUT2D eigenvalue weighted by Gasteiger charge is -2.19. The second-order valence-corrected chi connectivity index (χ2v) is 5.07. The highest BCUT2D eigenvalue weighted by Crippen LogP contribution is 2.26. The number of methoxy groups -OCH3 is 1. The van der Waals surface area contributed by atoms with Crippen LogP contribution in [0.25, 0.3) is 11.1 Å². The van der Waals surface area contributed by atoms with Crippen LogP contribution in [0.2, 0.25) is 0 Å². The van der Waals surface area contributed by atoms with Crippen LogP contribution in [0.15, 0.2) is 72.5 Å². The molecule has 2 rings (SSSR count). The SMILES string of the molecule is C/C=C\C=C(/C=O)N(C)c1ccc(-c2cccc(OC)c2)cc1. The second-order valence-electron chi connectivity index (χ2n) is 5.07. The summed E-state index contributed by atoms with van der Waals surface area (Å²) in [5.74, 6) is 0.834. The van der Waals surface area contributed by atoms with Gasteiger partial charge < -0.3 is 9.64 Å². The highest BCUT2D eigenvalue weighted by Gasteiger charge is 2.06. The summed E-state index contributed by atoms with van der Waals surface area (Å²) in [5, 5.41) is 0. The Morgan fingerprint density at radius 1 is 1.09 bits per heavy atom. The Balaban J connectivity index is 2.26. The lowest BCUT2D eigenvalue weighted by Crippen LogP contribution is -2.17. The number of nitrogens with zero attached hydrogens (tertiary/aromatic N) is 1. The number of allylic oxidation sites excluding steroid dienone is 4. The Morgan fingerprint density at radius 2 is 1.83 bits per heavy atom. The van der Waals surface area contributed by atoms with E-state index in [1.54, 1.807) is 13.2 Å². The van der Waals surface area contributed by atoms with Crippen molar-refractivity contribution in [2.45, 2.75) is 6.92 Å². The van der Waals surface area contributed by atoms with Gasteiger partial charge in [-0.15, -0.1) is 0 Å².